The second-order valence-corrected chi connectivity index (χ2v) is 7.77. The largest absolute Gasteiger partial charge is 0.356 e. The van der Waals surface area contributed by atoms with E-state index in [2.05, 4.69) is 37.9 Å². The molecule has 2 aliphatic heterocycles. The van der Waals surface area contributed by atoms with E-state index in [4.69, 9.17) is 4.74 Å². The second-order valence-electron chi connectivity index (χ2n) is 7.77. The fourth-order valence-electron chi connectivity index (χ4n) is 3.85. The Bertz CT molecular complexity index is 399. The molecule has 136 valence electrons. The predicted molar refractivity (Wildman–Crippen MR) is 91.8 cm³/mol. The van der Waals surface area contributed by atoms with E-state index in [1.807, 2.05) is 6.92 Å². The highest BCUT2D eigenvalue weighted by Crippen LogP contribution is 2.38. The molecule has 0 aliphatic carbocycles. The molecule has 2 aliphatic rings. The van der Waals surface area contributed by atoms with E-state index in [9.17, 15) is 10.0 Å². The lowest BCUT2D eigenvalue weighted by Crippen LogP contribution is -2.65. The van der Waals surface area contributed by atoms with Crippen molar-refractivity contribution in [3.05, 3.63) is 0 Å². The third-order valence-electron chi connectivity index (χ3n) is 4.87. The maximum Gasteiger partial charge on any atom is 0.221 e. The molecule has 23 heavy (non-hydrogen) atoms. The number of carbonyl (C=O) groups is 1. The van der Waals surface area contributed by atoms with Gasteiger partial charge in [-0.3, -0.25) is 9.69 Å². The Morgan fingerprint density at radius 1 is 1.26 bits per heavy atom. The Morgan fingerprint density at radius 2 is 1.83 bits per heavy atom. The van der Waals surface area contributed by atoms with Gasteiger partial charge in [0, 0.05) is 36.6 Å². The van der Waals surface area contributed by atoms with E-state index in [0.717, 1.165) is 19.4 Å². The number of halogens is 1. The second kappa shape index (κ2) is 7.66. The van der Waals surface area contributed by atoms with Crippen LogP contribution in [0.1, 0.15) is 53.9 Å². The van der Waals surface area contributed by atoms with Crippen LogP contribution in [0.15, 0.2) is 0 Å². The number of hydroxylamine groups is 2. The Morgan fingerprint density at radius 3 is 2.35 bits per heavy atom. The maximum absolute atomic E-state index is 11.6. The van der Waals surface area contributed by atoms with Crippen LogP contribution in [-0.2, 0) is 9.53 Å². The molecule has 2 rings (SSSR count). The summed E-state index contributed by atoms with van der Waals surface area (Å²) < 4.78 is 5.66. The highest BCUT2D eigenvalue weighted by atomic mass is 35.5. The van der Waals surface area contributed by atoms with Gasteiger partial charge in [-0.05, 0) is 40.5 Å². The van der Waals surface area contributed by atoms with Crippen molar-refractivity contribution in [2.24, 2.45) is 0 Å². The molecule has 2 fully saturated rings. The van der Waals surface area contributed by atoms with Crippen LogP contribution in [0.3, 0.4) is 0 Å². The quantitative estimate of drug-likeness (QED) is 0.816. The van der Waals surface area contributed by atoms with Gasteiger partial charge < -0.3 is 15.3 Å². The number of rotatable bonds is 3. The monoisotopic (exact) mass is 349 g/mol. The van der Waals surface area contributed by atoms with Gasteiger partial charge in [-0.2, -0.15) is 5.06 Å². The van der Waals surface area contributed by atoms with Crippen molar-refractivity contribution in [3.63, 3.8) is 0 Å². The number of morpholine rings is 1. The molecule has 1 atom stereocenters. The van der Waals surface area contributed by atoms with E-state index >= 15 is 0 Å². The summed E-state index contributed by atoms with van der Waals surface area (Å²) in [5.41, 5.74) is -0.514. The molecule has 1 unspecified atom stereocenters. The van der Waals surface area contributed by atoms with Crippen molar-refractivity contribution in [3.8, 4) is 0 Å². The van der Waals surface area contributed by atoms with Gasteiger partial charge in [-0.1, -0.05) is 6.92 Å². The zero-order chi connectivity index (χ0) is 16.5. The molecule has 0 saturated carbocycles. The van der Waals surface area contributed by atoms with Crippen LogP contribution in [-0.4, -0.2) is 64.1 Å². The van der Waals surface area contributed by atoms with Crippen LogP contribution < -0.4 is 5.32 Å². The van der Waals surface area contributed by atoms with Gasteiger partial charge in [0.15, 0.2) is 0 Å². The Balaban J connectivity index is 0.00000264. The summed E-state index contributed by atoms with van der Waals surface area (Å²) in [6, 6.07) is 0.387. The lowest BCUT2D eigenvalue weighted by atomic mass is 9.78. The van der Waals surface area contributed by atoms with Crippen LogP contribution in [0.5, 0.6) is 0 Å². The van der Waals surface area contributed by atoms with Crippen LogP contribution in [0.25, 0.3) is 0 Å². The normalized spacial score (nSPS) is 28.9. The van der Waals surface area contributed by atoms with Crippen molar-refractivity contribution < 1.29 is 14.7 Å². The summed E-state index contributed by atoms with van der Waals surface area (Å²) in [6.07, 6.45) is 2.06. The zero-order valence-electron chi connectivity index (χ0n) is 15.0. The molecule has 0 aromatic rings. The average molecular weight is 350 g/mol. The smallest absolute Gasteiger partial charge is 0.221 e. The molecular weight excluding hydrogens is 318 g/mol. The number of nitrogens with zero attached hydrogens (tertiary/aromatic N) is 2. The molecule has 2 N–H and O–H groups in total. The van der Waals surface area contributed by atoms with Crippen molar-refractivity contribution in [1.29, 1.82) is 0 Å². The van der Waals surface area contributed by atoms with Crippen molar-refractivity contribution in [2.45, 2.75) is 77.2 Å². The molecule has 0 aromatic heterocycles. The van der Waals surface area contributed by atoms with Gasteiger partial charge in [0.1, 0.15) is 6.23 Å². The molecule has 1 amide bonds. The molecule has 2 heterocycles. The van der Waals surface area contributed by atoms with E-state index in [1.165, 1.54) is 5.06 Å². The first kappa shape index (κ1) is 20.6. The Hall–Kier alpha value is -0.400. The third-order valence-corrected chi connectivity index (χ3v) is 4.87. The zero-order valence-corrected chi connectivity index (χ0v) is 15.8. The van der Waals surface area contributed by atoms with Gasteiger partial charge in [0.25, 0.3) is 0 Å². The fourth-order valence-corrected chi connectivity index (χ4v) is 3.85. The molecule has 2 saturated heterocycles. The van der Waals surface area contributed by atoms with Crippen LogP contribution in [0.2, 0.25) is 0 Å². The highest BCUT2D eigenvalue weighted by Gasteiger charge is 2.47. The summed E-state index contributed by atoms with van der Waals surface area (Å²) in [4.78, 5) is 14.0. The predicted octanol–water partition coefficient (Wildman–Crippen LogP) is 2.00. The number of carbonyl (C=O) groups excluding carboxylic acids is 1. The first-order valence-corrected chi connectivity index (χ1v) is 8.30. The first-order chi connectivity index (χ1) is 10.2. The van der Waals surface area contributed by atoms with Gasteiger partial charge in [0.2, 0.25) is 5.91 Å². The van der Waals surface area contributed by atoms with Crippen LogP contribution in [0.4, 0.5) is 0 Å². The fraction of sp³-hybridized carbons (Fsp3) is 0.938. The summed E-state index contributed by atoms with van der Waals surface area (Å²) in [5, 5.41) is 14.8. The molecule has 0 spiro atoms. The number of nitrogens with one attached hydrogen (secondary N) is 1. The number of ether oxygens (including phenoxy) is 1. The number of hydrogen-bond donors (Lipinski definition) is 2. The van der Waals surface area contributed by atoms with Crippen molar-refractivity contribution in [2.75, 3.05) is 19.7 Å². The summed E-state index contributed by atoms with van der Waals surface area (Å²) in [7, 11) is 0. The number of hydrogen-bond acceptors (Lipinski definition) is 5. The topological polar surface area (TPSA) is 65.0 Å². The summed E-state index contributed by atoms with van der Waals surface area (Å²) >= 11 is 0. The summed E-state index contributed by atoms with van der Waals surface area (Å²) in [6.45, 7) is 12.4. The van der Waals surface area contributed by atoms with E-state index in [0.29, 0.717) is 25.6 Å². The van der Waals surface area contributed by atoms with Gasteiger partial charge in [-0.25, -0.2) is 0 Å². The van der Waals surface area contributed by atoms with Gasteiger partial charge >= 0.3 is 0 Å². The molecular formula is C16H32ClN3O3. The SMILES string of the molecule is CCC(=O)NC1CN(C2CC(C)(C)N(O)C(C)(C)C2)CCO1.Cl. The van der Waals surface area contributed by atoms with E-state index in [-0.39, 0.29) is 35.6 Å². The van der Waals surface area contributed by atoms with Gasteiger partial charge in [0.05, 0.1) is 6.61 Å². The highest BCUT2D eigenvalue weighted by molar-refractivity contribution is 5.85. The van der Waals surface area contributed by atoms with Crippen molar-refractivity contribution >= 4 is 18.3 Å². The first-order valence-electron chi connectivity index (χ1n) is 8.30. The number of amides is 1. The van der Waals surface area contributed by atoms with Crippen LogP contribution >= 0.6 is 12.4 Å². The van der Waals surface area contributed by atoms with E-state index < -0.39 is 0 Å². The molecule has 6 nitrogen and oxygen atoms in total. The lowest BCUT2D eigenvalue weighted by molar-refractivity contribution is -0.254. The van der Waals surface area contributed by atoms with Gasteiger partial charge in [-0.15, -0.1) is 12.4 Å². The minimum atomic E-state index is -0.257. The Labute approximate surface area is 145 Å². The molecule has 0 radical (unpaired) electrons. The van der Waals surface area contributed by atoms with Crippen LogP contribution in [0, 0.1) is 0 Å². The average Bonchev–Trinajstić information content (AvgIpc) is 2.44. The standard InChI is InChI=1S/C16H31N3O3.ClH/c1-6-13(20)17-14-11-18(7-8-22-14)12-9-15(2,3)19(21)16(4,5)10-12;/h12,14,21H,6-11H2,1-5H3,(H,17,20);1H. The minimum Gasteiger partial charge on any atom is -0.356 e. The summed E-state index contributed by atoms with van der Waals surface area (Å²) in [5.74, 6) is 0.0256. The minimum absolute atomic E-state index is 0. The molecule has 0 aromatic carbocycles. The molecule has 0 bridgehead atoms. The lowest BCUT2D eigenvalue weighted by Gasteiger charge is -2.54. The molecule has 7 heteroatoms. The van der Waals surface area contributed by atoms with E-state index in [1.54, 1.807) is 0 Å². The van der Waals surface area contributed by atoms with Crippen molar-refractivity contribution in [1.82, 2.24) is 15.3 Å². The third kappa shape index (κ3) is 4.79. The number of piperidine rings is 1. The Kier molecular flexibility index (Phi) is 6.87. The maximum atomic E-state index is 11.6.